The lowest BCUT2D eigenvalue weighted by atomic mass is 10.3. The number of aromatic nitrogens is 1. The highest BCUT2D eigenvalue weighted by molar-refractivity contribution is 5.23. The number of rotatable bonds is 3. The summed E-state index contributed by atoms with van der Waals surface area (Å²) in [6, 6.07) is 5.70. The normalized spacial score (nSPS) is 10.2. The molecule has 5 heteroatoms. The summed E-state index contributed by atoms with van der Waals surface area (Å²) in [5.41, 5.74) is 5.36. The second kappa shape index (κ2) is 4.00. The first-order valence-corrected chi connectivity index (χ1v) is 4.32. The summed E-state index contributed by atoms with van der Waals surface area (Å²) < 4.78 is 22.8. The van der Waals surface area contributed by atoms with Gasteiger partial charge in [-0.2, -0.15) is 4.98 Å². The Morgan fingerprint density at radius 2 is 2.07 bits per heavy atom. The van der Waals surface area contributed by atoms with E-state index in [1.54, 1.807) is 0 Å². The van der Waals surface area contributed by atoms with Crippen LogP contribution in [-0.4, -0.2) is 4.98 Å². The number of ether oxygens (including phenoxy) is 1. The molecule has 0 spiro atoms. The van der Waals surface area contributed by atoms with Crippen molar-refractivity contribution in [1.82, 2.24) is 4.98 Å². The van der Waals surface area contributed by atoms with Crippen LogP contribution in [0.15, 0.2) is 34.9 Å². The van der Waals surface area contributed by atoms with Gasteiger partial charge in [0, 0.05) is 0 Å². The number of nitrogens with two attached hydrogens (primary N) is 1. The van der Waals surface area contributed by atoms with Crippen molar-refractivity contribution in [2.24, 2.45) is 0 Å². The summed E-state index contributed by atoms with van der Waals surface area (Å²) in [4.78, 5) is 3.86. The monoisotopic (exact) mass is 208 g/mol. The molecule has 0 aliphatic rings. The average molecular weight is 208 g/mol. The van der Waals surface area contributed by atoms with E-state index < -0.39 is 0 Å². The molecule has 0 aliphatic heterocycles. The van der Waals surface area contributed by atoms with Crippen LogP contribution in [-0.2, 0) is 6.61 Å². The molecule has 0 unspecified atom stereocenters. The highest BCUT2D eigenvalue weighted by atomic mass is 19.1. The molecule has 78 valence electrons. The number of hydrogen-bond donors (Lipinski definition) is 1. The Balaban J connectivity index is 1.96. The maximum absolute atomic E-state index is 12.6. The van der Waals surface area contributed by atoms with Crippen molar-refractivity contribution in [2.75, 3.05) is 5.73 Å². The molecule has 2 aromatic rings. The minimum absolute atomic E-state index is 0.169. The molecule has 0 saturated heterocycles. The third-order valence-corrected chi connectivity index (χ3v) is 1.75. The number of nitrogens with zero attached hydrogens (tertiary/aromatic N) is 1. The molecule has 2 N–H and O–H groups in total. The standard InChI is InChI=1S/C10H9FN2O2/c11-7-1-3-8(4-2-7)14-6-10-13-9(12)5-15-10/h1-5H,6,12H2. The van der Waals surface area contributed by atoms with Crippen molar-refractivity contribution in [2.45, 2.75) is 6.61 Å². The summed E-state index contributed by atoms with van der Waals surface area (Å²) in [5, 5.41) is 0. The molecule has 1 aromatic carbocycles. The lowest BCUT2D eigenvalue weighted by Crippen LogP contribution is -1.96. The van der Waals surface area contributed by atoms with Crippen molar-refractivity contribution in [1.29, 1.82) is 0 Å². The number of oxazole rings is 1. The average Bonchev–Trinajstić information content (AvgIpc) is 2.64. The lowest BCUT2D eigenvalue weighted by Gasteiger charge is -2.02. The van der Waals surface area contributed by atoms with E-state index in [1.807, 2.05) is 0 Å². The Morgan fingerprint density at radius 3 is 2.67 bits per heavy atom. The molecule has 0 fully saturated rings. The van der Waals surface area contributed by atoms with Gasteiger partial charge in [0.2, 0.25) is 5.89 Å². The van der Waals surface area contributed by atoms with E-state index in [4.69, 9.17) is 14.9 Å². The van der Waals surface area contributed by atoms with E-state index in [-0.39, 0.29) is 12.4 Å². The zero-order valence-corrected chi connectivity index (χ0v) is 7.81. The summed E-state index contributed by atoms with van der Waals surface area (Å²) in [7, 11) is 0. The molecule has 0 saturated carbocycles. The van der Waals surface area contributed by atoms with Crippen LogP contribution in [0.1, 0.15) is 5.89 Å². The van der Waals surface area contributed by atoms with Crippen molar-refractivity contribution in [3.8, 4) is 5.75 Å². The predicted octanol–water partition coefficient (Wildman–Crippen LogP) is 1.97. The lowest BCUT2D eigenvalue weighted by molar-refractivity contribution is 0.262. The van der Waals surface area contributed by atoms with Gasteiger partial charge in [-0.05, 0) is 24.3 Å². The van der Waals surface area contributed by atoms with Gasteiger partial charge < -0.3 is 14.9 Å². The van der Waals surface area contributed by atoms with Crippen LogP contribution in [0.25, 0.3) is 0 Å². The van der Waals surface area contributed by atoms with Gasteiger partial charge in [-0.25, -0.2) is 4.39 Å². The summed E-state index contributed by atoms with van der Waals surface area (Å²) in [6.45, 7) is 0.169. The smallest absolute Gasteiger partial charge is 0.234 e. The van der Waals surface area contributed by atoms with Crippen molar-refractivity contribution in [3.63, 3.8) is 0 Å². The van der Waals surface area contributed by atoms with Crippen LogP contribution < -0.4 is 10.5 Å². The first kappa shape index (κ1) is 9.51. The molecule has 2 rings (SSSR count). The third-order valence-electron chi connectivity index (χ3n) is 1.75. The number of nitrogen functional groups attached to an aromatic ring is 1. The molecular formula is C10H9FN2O2. The fraction of sp³-hybridized carbons (Fsp3) is 0.100. The van der Waals surface area contributed by atoms with Gasteiger partial charge in [0.1, 0.15) is 17.8 Å². The fourth-order valence-electron chi connectivity index (χ4n) is 1.07. The number of benzene rings is 1. The topological polar surface area (TPSA) is 61.3 Å². The Bertz CT molecular complexity index is 439. The van der Waals surface area contributed by atoms with E-state index >= 15 is 0 Å². The number of hydrogen-bond acceptors (Lipinski definition) is 4. The van der Waals surface area contributed by atoms with Crippen LogP contribution >= 0.6 is 0 Å². The third kappa shape index (κ3) is 2.46. The predicted molar refractivity (Wildman–Crippen MR) is 51.6 cm³/mol. The summed E-state index contributed by atoms with van der Waals surface area (Å²) in [5.74, 6) is 0.945. The highest BCUT2D eigenvalue weighted by Gasteiger charge is 2.02. The van der Waals surface area contributed by atoms with Crippen molar-refractivity contribution < 1.29 is 13.5 Å². The van der Waals surface area contributed by atoms with Crippen molar-refractivity contribution in [3.05, 3.63) is 42.2 Å². The second-order valence-electron chi connectivity index (χ2n) is 2.91. The molecule has 1 aromatic heterocycles. The quantitative estimate of drug-likeness (QED) is 0.837. The van der Waals surface area contributed by atoms with Crippen LogP contribution in [0.3, 0.4) is 0 Å². The highest BCUT2D eigenvalue weighted by Crippen LogP contribution is 2.13. The molecular weight excluding hydrogens is 199 g/mol. The Hall–Kier alpha value is -2.04. The van der Waals surface area contributed by atoms with Gasteiger partial charge in [0.15, 0.2) is 12.4 Å². The van der Waals surface area contributed by atoms with Crippen LogP contribution in [0.4, 0.5) is 10.2 Å². The Kier molecular flexibility index (Phi) is 2.53. The molecule has 4 nitrogen and oxygen atoms in total. The van der Waals surface area contributed by atoms with Gasteiger partial charge in [0.25, 0.3) is 0 Å². The maximum atomic E-state index is 12.6. The minimum atomic E-state index is -0.303. The van der Waals surface area contributed by atoms with Crippen LogP contribution in [0.2, 0.25) is 0 Å². The number of halogens is 1. The molecule has 0 aliphatic carbocycles. The number of anilines is 1. The van der Waals surface area contributed by atoms with Crippen LogP contribution in [0, 0.1) is 5.82 Å². The van der Waals surface area contributed by atoms with Gasteiger partial charge in [0.05, 0.1) is 0 Å². The van der Waals surface area contributed by atoms with E-state index in [1.165, 1.54) is 30.5 Å². The first-order chi connectivity index (χ1) is 7.24. The zero-order chi connectivity index (χ0) is 10.7. The van der Waals surface area contributed by atoms with Gasteiger partial charge in [-0.1, -0.05) is 0 Å². The minimum Gasteiger partial charge on any atom is -0.484 e. The summed E-state index contributed by atoms with van der Waals surface area (Å²) in [6.07, 6.45) is 1.34. The molecule has 0 radical (unpaired) electrons. The largest absolute Gasteiger partial charge is 0.484 e. The molecule has 15 heavy (non-hydrogen) atoms. The first-order valence-electron chi connectivity index (χ1n) is 4.32. The van der Waals surface area contributed by atoms with Crippen LogP contribution in [0.5, 0.6) is 5.75 Å². The fourth-order valence-corrected chi connectivity index (χ4v) is 1.07. The van der Waals surface area contributed by atoms with E-state index in [0.29, 0.717) is 17.5 Å². The zero-order valence-electron chi connectivity index (χ0n) is 7.81. The van der Waals surface area contributed by atoms with E-state index in [2.05, 4.69) is 4.98 Å². The van der Waals surface area contributed by atoms with Gasteiger partial charge >= 0.3 is 0 Å². The molecule has 0 amide bonds. The van der Waals surface area contributed by atoms with E-state index in [9.17, 15) is 4.39 Å². The second-order valence-corrected chi connectivity index (χ2v) is 2.91. The Morgan fingerprint density at radius 1 is 1.33 bits per heavy atom. The van der Waals surface area contributed by atoms with Crippen molar-refractivity contribution >= 4 is 5.82 Å². The maximum Gasteiger partial charge on any atom is 0.234 e. The molecule has 1 heterocycles. The SMILES string of the molecule is Nc1coc(COc2ccc(F)cc2)n1. The molecule has 0 atom stereocenters. The summed E-state index contributed by atoms with van der Waals surface area (Å²) >= 11 is 0. The molecule has 0 bridgehead atoms. The Labute approximate surface area is 85.5 Å². The van der Waals surface area contributed by atoms with Gasteiger partial charge in [-0.3, -0.25) is 0 Å². The van der Waals surface area contributed by atoms with Gasteiger partial charge in [-0.15, -0.1) is 0 Å². The van der Waals surface area contributed by atoms with E-state index in [0.717, 1.165) is 0 Å².